The highest BCUT2D eigenvalue weighted by Crippen LogP contribution is 2.24. The van der Waals surface area contributed by atoms with Crippen LogP contribution in [0.3, 0.4) is 0 Å². The Morgan fingerprint density at radius 3 is 2.52 bits per heavy atom. The van der Waals surface area contributed by atoms with Crippen LogP contribution in [-0.4, -0.2) is 31.3 Å². The predicted molar refractivity (Wildman–Crippen MR) is 105 cm³/mol. The van der Waals surface area contributed by atoms with Crippen LogP contribution in [0.25, 0.3) is 22.0 Å². The number of anilines is 1. The lowest BCUT2D eigenvalue weighted by atomic mass is 10.1. The lowest BCUT2D eigenvalue weighted by Gasteiger charge is -2.28. The monoisotopic (exact) mass is 350 g/mol. The molecule has 4 rings (SSSR count). The number of hydrogen-bond acceptors (Lipinski definition) is 3. The summed E-state index contributed by atoms with van der Waals surface area (Å²) in [4.78, 5) is 6.98. The van der Waals surface area contributed by atoms with Crippen molar-refractivity contribution in [2.75, 3.05) is 31.2 Å². The Labute approximate surface area is 152 Å². The van der Waals surface area contributed by atoms with E-state index in [1.54, 1.807) is 0 Å². The molecule has 0 atom stereocenters. The second-order valence-corrected chi connectivity index (χ2v) is 6.48. The van der Waals surface area contributed by atoms with Gasteiger partial charge in [0.25, 0.3) is 0 Å². The van der Waals surface area contributed by atoms with Gasteiger partial charge in [-0.05, 0) is 35.9 Å². The summed E-state index contributed by atoms with van der Waals surface area (Å²) in [6.07, 6.45) is 1.96. The first-order valence-electron chi connectivity index (χ1n) is 8.46. The number of morpholine rings is 1. The second kappa shape index (κ2) is 7.26. The van der Waals surface area contributed by atoms with E-state index in [1.165, 1.54) is 5.69 Å². The van der Waals surface area contributed by atoms with Gasteiger partial charge in [0.2, 0.25) is 0 Å². The zero-order chi connectivity index (χ0) is 17.1. The van der Waals surface area contributed by atoms with Gasteiger partial charge in [-0.1, -0.05) is 48.0 Å². The molecule has 3 nitrogen and oxygen atoms in total. The normalized spacial score (nSPS) is 15.6. The Kier molecular flexibility index (Phi) is 4.68. The highest BCUT2D eigenvalue weighted by atomic mass is 35.5. The van der Waals surface area contributed by atoms with Crippen molar-refractivity contribution in [3.8, 4) is 0 Å². The van der Waals surface area contributed by atoms with Gasteiger partial charge in [-0.3, -0.25) is 0 Å². The molecule has 4 heteroatoms. The summed E-state index contributed by atoms with van der Waals surface area (Å²) in [5.74, 6) is 0. The van der Waals surface area contributed by atoms with Crippen molar-refractivity contribution in [1.29, 1.82) is 0 Å². The fraction of sp³-hybridized carbons (Fsp3) is 0.190. The Hall–Kier alpha value is -2.36. The van der Waals surface area contributed by atoms with E-state index in [0.29, 0.717) is 5.03 Å². The number of ether oxygens (including phenoxy) is 1. The van der Waals surface area contributed by atoms with Gasteiger partial charge in [0, 0.05) is 24.2 Å². The minimum Gasteiger partial charge on any atom is -0.378 e. The van der Waals surface area contributed by atoms with Crippen molar-refractivity contribution in [2.24, 2.45) is 0 Å². The summed E-state index contributed by atoms with van der Waals surface area (Å²) in [7, 11) is 0. The van der Waals surface area contributed by atoms with Crippen LogP contribution in [0.4, 0.5) is 5.69 Å². The van der Waals surface area contributed by atoms with Gasteiger partial charge in [-0.25, -0.2) is 4.98 Å². The van der Waals surface area contributed by atoms with Crippen molar-refractivity contribution in [2.45, 2.75) is 0 Å². The Morgan fingerprint density at radius 1 is 0.960 bits per heavy atom. The largest absolute Gasteiger partial charge is 0.378 e. The van der Waals surface area contributed by atoms with Crippen LogP contribution in [0.2, 0.25) is 0 Å². The Balaban J connectivity index is 1.56. The van der Waals surface area contributed by atoms with Crippen molar-refractivity contribution in [1.82, 2.24) is 4.98 Å². The van der Waals surface area contributed by atoms with Crippen LogP contribution in [-0.2, 0) is 4.74 Å². The average Bonchev–Trinajstić information content (AvgIpc) is 2.69. The maximum atomic E-state index is 6.50. The molecule has 0 N–H and O–H groups in total. The number of aromatic nitrogens is 1. The molecule has 0 radical (unpaired) electrons. The first kappa shape index (κ1) is 16.1. The van der Waals surface area contributed by atoms with Crippen molar-refractivity contribution in [3.05, 3.63) is 71.9 Å². The van der Waals surface area contributed by atoms with Gasteiger partial charge < -0.3 is 9.64 Å². The molecule has 2 heterocycles. The quantitative estimate of drug-likeness (QED) is 0.678. The zero-order valence-corrected chi connectivity index (χ0v) is 14.6. The second-order valence-electron chi connectivity index (χ2n) is 6.07. The standard InChI is InChI=1S/C21H19ClN2O/c22-19(21-10-7-17-3-1-2-4-20(17)23-21)15-16-5-8-18(9-6-16)24-11-13-25-14-12-24/h1-10,15H,11-14H2/b19-15-. The molecule has 1 aliphatic rings. The molecule has 0 aliphatic carbocycles. The summed E-state index contributed by atoms with van der Waals surface area (Å²) in [6.45, 7) is 3.47. The number of nitrogens with zero attached hydrogens (tertiary/aromatic N) is 2. The molecule has 0 unspecified atom stereocenters. The highest BCUT2D eigenvalue weighted by Gasteiger charge is 2.10. The van der Waals surface area contributed by atoms with Gasteiger partial charge in [0.15, 0.2) is 0 Å². The van der Waals surface area contributed by atoms with Gasteiger partial charge >= 0.3 is 0 Å². The fourth-order valence-electron chi connectivity index (χ4n) is 3.02. The van der Waals surface area contributed by atoms with E-state index in [9.17, 15) is 0 Å². The molecule has 2 aromatic carbocycles. The number of halogens is 1. The molecule has 1 fully saturated rings. The van der Waals surface area contributed by atoms with Gasteiger partial charge in [-0.2, -0.15) is 0 Å². The summed E-state index contributed by atoms with van der Waals surface area (Å²) < 4.78 is 5.40. The molecule has 25 heavy (non-hydrogen) atoms. The van der Waals surface area contributed by atoms with E-state index in [2.05, 4.69) is 40.2 Å². The summed E-state index contributed by atoms with van der Waals surface area (Å²) in [5.41, 5.74) is 4.03. The van der Waals surface area contributed by atoms with E-state index in [1.807, 2.05) is 36.4 Å². The molecule has 1 aliphatic heterocycles. The van der Waals surface area contributed by atoms with E-state index >= 15 is 0 Å². The predicted octanol–water partition coefficient (Wildman–Crippen LogP) is 4.81. The molecule has 3 aromatic rings. The first-order valence-corrected chi connectivity index (χ1v) is 8.83. The van der Waals surface area contributed by atoms with Gasteiger partial charge in [0.1, 0.15) is 0 Å². The number of fused-ring (bicyclic) bond motifs is 1. The summed E-state index contributed by atoms with van der Waals surface area (Å²) in [5, 5.41) is 1.76. The number of rotatable bonds is 3. The first-order chi connectivity index (χ1) is 12.3. The number of hydrogen-bond donors (Lipinski definition) is 0. The highest BCUT2D eigenvalue weighted by molar-refractivity contribution is 6.51. The van der Waals surface area contributed by atoms with Crippen molar-refractivity contribution < 1.29 is 4.74 Å². The number of pyridine rings is 1. The Bertz CT molecular complexity index is 899. The SMILES string of the molecule is Cl/C(=C\c1ccc(N2CCOCC2)cc1)c1ccc2ccccc2n1. The van der Waals surface area contributed by atoms with Gasteiger partial charge in [-0.15, -0.1) is 0 Å². The van der Waals surface area contributed by atoms with Crippen LogP contribution < -0.4 is 4.90 Å². The van der Waals surface area contributed by atoms with Crippen molar-refractivity contribution in [3.63, 3.8) is 0 Å². The third-order valence-electron chi connectivity index (χ3n) is 4.41. The summed E-state index contributed by atoms with van der Waals surface area (Å²) in [6, 6.07) is 20.5. The zero-order valence-electron chi connectivity index (χ0n) is 13.9. The Morgan fingerprint density at radius 2 is 1.72 bits per heavy atom. The van der Waals surface area contributed by atoms with Crippen LogP contribution in [0.15, 0.2) is 60.7 Å². The smallest absolute Gasteiger partial charge is 0.0823 e. The maximum Gasteiger partial charge on any atom is 0.0823 e. The third-order valence-corrected chi connectivity index (χ3v) is 4.71. The molecule has 1 aromatic heterocycles. The van der Waals surface area contributed by atoms with Crippen LogP contribution in [0, 0.1) is 0 Å². The molecular weight excluding hydrogens is 332 g/mol. The lowest BCUT2D eigenvalue weighted by molar-refractivity contribution is 0.122. The van der Waals surface area contributed by atoms with E-state index in [4.69, 9.17) is 16.3 Å². The fourth-order valence-corrected chi connectivity index (χ4v) is 3.25. The van der Waals surface area contributed by atoms with Crippen LogP contribution >= 0.6 is 11.6 Å². The molecule has 1 saturated heterocycles. The van der Waals surface area contributed by atoms with E-state index in [0.717, 1.165) is 48.5 Å². The molecule has 0 amide bonds. The minimum absolute atomic E-state index is 0.643. The summed E-state index contributed by atoms with van der Waals surface area (Å²) >= 11 is 6.50. The van der Waals surface area contributed by atoms with E-state index in [-0.39, 0.29) is 0 Å². The molecule has 0 saturated carbocycles. The molecule has 0 bridgehead atoms. The number of para-hydroxylation sites is 1. The number of benzene rings is 2. The van der Waals surface area contributed by atoms with Crippen molar-refractivity contribution >= 4 is 39.3 Å². The molecule has 0 spiro atoms. The molecular formula is C21H19ClN2O. The lowest BCUT2D eigenvalue weighted by Crippen LogP contribution is -2.36. The molecule has 126 valence electrons. The maximum absolute atomic E-state index is 6.50. The topological polar surface area (TPSA) is 25.4 Å². The van der Waals surface area contributed by atoms with Gasteiger partial charge in [0.05, 0.1) is 29.5 Å². The minimum atomic E-state index is 0.643. The third kappa shape index (κ3) is 3.68. The average molecular weight is 351 g/mol. The van der Waals surface area contributed by atoms with E-state index < -0.39 is 0 Å². The van der Waals surface area contributed by atoms with Crippen LogP contribution in [0.1, 0.15) is 11.3 Å². The van der Waals surface area contributed by atoms with Crippen LogP contribution in [0.5, 0.6) is 0 Å².